The van der Waals surface area contributed by atoms with Crippen molar-refractivity contribution in [3.8, 4) is 0 Å². The van der Waals surface area contributed by atoms with Crippen molar-refractivity contribution in [2.45, 2.75) is 39.3 Å². The standard InChI is InChI=1S/C15H22F2N2O2/c1-15(2,3)21-14(20)19-6-4-5-18-10-11-7-12(16)9-13(17)8-11/h7-9,18H,4-6,10H2,1-3H3,(H,19,20). The third-order valence-corrected chi connectivity index (χ3v) is 2.45. The molecule has 118 valence electrons. The summed E-state index contributed by atoms with van der Waals surface area (Å²) in [4.78, 5) is 11.4. The van der Waals surface area contributed by atoms with E-state index in [0.717, 1.165) is 6.07 Å². The maximum Gasteiger partial charge on any atom is 0.407 e. The molecule has 0 aromatic heterocycles. The Bertz CT molecular complexity index is 453. The summed E-state index contributed by atoms with van der Waals surface area (Å²) < 4.78 is 31.0. The Morgan fingerprint density at radius 3 is 2.33 bits per heavy atom. The van der Waals surface area contributed by atoms with Crippen molar-refractivity contribution >= 4 is 6.09 Å². The zero-order valence-corrected chi connectivity index (χ0v) is 12.6. The predicted molar refractivity (Wildman–Crippen MR) is 76.9 cm³/mol. The van der Waals surface area contributed by atoms with Crippen molar-refractivity contribution < 1.29 is 18.3 Å². The number of carbonyl (C=O) groups excluding carboxylic acids is 1. The molecule has 0 atom stereocenters. The highest BCUT2D eigenvalue weighted by molar-refractivity contribution is 5.67. The average Bonchev–Trinajstić information content (AvgIpc) is 2.30. The van der Waals surface area contributed by atoms with Gasteiger partial charge in [0.2, 0.25) is 0 Å². The second kappa shape index (κ2) is 7.93. The largest absolute Gasteiger partial charge is 0.444 e. The molecule has 1 amide bonds. The van der Waals surface area contributed by atoms with E-state index < -0.39 is 23.3 Å². The minimum Gasteiger partial charge on any atom is -0.444 e. The number of amides is 1. The van der Waals surface area contributed by atoms with Crippen LogP contribution in [-0.2, 0) is 11.3 Å². The Morgan fingerprint density at radius 1 is 1.14 bits per heavy atom. The highest BCUT2D eigenvalue weighted by atomic mass is 19.1. The van der Waals surface area contributed by atoms with Gasteiger partial charge in [0.25, 0.3) is 0 Å². The highest BCUT2D eigenvalue weighted by Gasteiger charge is 2.15. The quantitative estimate of drug-likeness (QED) is 0.794. The smallest absolute Gasteiger partial charge is 0.407 e. The molecule has 2 N–H and O–H groups in total. The summed E-state index contributed by atoms with van der Waals surface area (Å²) in [5, 5.41) is 5.69. The second-order valence-electron chi connectivity index (χ2n) is 5.74. The Morgan fingerprint density at radius 2 is 1.76 bits per heavy atom. The summed E-state index contributed by atoms with van der Waals surface area (Å²) >= 11 is 0. The first-order valence-electron chi connectivity index (χ1n) is 6.89. The monoisotopic (exact) mass is 300 g/mol. The van der Waals surface area contributed by atoms with Gasteiger partial charge in [0, 0.05) is 19.2 Å². The van der Waals surface area contributed by atoms with Crippen LogP contribution in [0.5, 0.6) is 0 Å². The molecule has 0 saturated carbocycles. The van der Waals surface area contributed by atoms with E-state index in [1.807, 2.05) is 0 Å². The van der Waals surface area contributed by atoms with Crippen molar-refractivity contribution in [2.24, 2.45) is 0 Å². The number of hydrogen-bond acceptors (Lipinski definition) is 3. The van der Waals surface area contributed by atoms with Crippen LogP contribution < -0.4 is 10.6 Å². The lowest BCUT2D eigenvalue weighted by Crippen LogP contribution is -2.33. The number of carbonyl (C=O) groups is 1. The van der Waals surface area contributed by atoms with Crippen molar-refractivity contribution in [1.29, 1.82) is 0 Å². The number of rotatable bonds is 6. The van der Waals surface area contributed by atoms with Gasteiger partial charge in [-0.3, -0.25) is 0 Å². The first-order valence-corrected chi connectivity index (χ1v) is 6.89. The van der Waals surface area contributed by atoms with E-state index in [-0.39, 0.29) is 0 Å². The van der Waals surface area contributed by atoms with Gasteiger partial charge < -0.3 is 15.4 Å². The Kier molecular flexibility index (Phi) is 6.55. The second-order valence-corrected chi connectivity index (χ2v) is 5.74. The zero-order chi connectivity index (χ0) is 15.9. The molecular formula is C15H22F2N2O2. The van der Waals surface area contributed by atoms with Crippen LogP contribution in [0.15, 0.2) is 18.2 Å². The lowest BCUT2D eigenvalue weighted by molar-refractivity contribution is 0.0527. The Hall–Kier alpha value is -1.69. The molecule has 1 aromatic carbocycles. The topological polar surface area (TPSA) is 50.4 Å². The van der Waals surface area contributed by atoms with Crippen LogP contribution in [0, 0.1) is 11.6 Å². The third-order valence-electron chi connectivity index (χ3n) is 2.45. The van der Waals surface area contributed by atoms with Crippen LogP contribution in [0.3, 0.4) is 0 Å². The highest BCUT2D eigenvalue weighted by Crippen LogP contribution is 2.07. The van der Waals surface area contributed by atoms with Gasteiger partial charge in [-0.1, -0.05) is 0 Å². The van der Waals surface area contributed by atoms with Crippen LogP contribution in [0.1, 0.15) is 32.8 Å². The van der Waals surface area contributed by atoms with Crippen molar-refractivity contribution in [3.05, 3.63) is 35.4 Å². The van der Waals surface area contributed by atoms with E-state index in [4.69, 9.17) is 4.74 Å². The molecule has 0 fully saturated rings. The number of benzene rings is 1. The molecule has 0 bridgehead atoms. The lowest BCUT2D eigenvalue weighted by atomic mass is 10.2. The molecule has 1 aromatic rings. The summed E-state index contributed by atoms with van der Waals surface area (Å²) in [6.45, 7) is 6.86. The molecule has 0 radical (unpaired) electrons. The fourth-order valence-corrected chi connectivity index (χ4v) is 1.66. The van der Waals surface area contributed by atoms with Crippen LogP contribution >= 0.6 is 0 Å². The first kappa shape index (κ1) is 17.4. The molecule has 0 unspecified atom stereocenters. The van der Waals surface area contributed by atoms with Gasteiger partial charge in [0.15, 0.2) is 0 Å². The van der Waals surface area contributed by atoms with Crippen molar-refractivity contribution in [1.82, 2.24) is 10.6 Å². The number of hydrogen-bond donors (Lipinski definition) is 2. The normalized spacial score (nSPS) is 11.3. The van der Waals surface area contributed by atoms with Gasteiger partial charge >= 0.3 is 6.09 Å². The maximum atomic E-state index is 13.0. The van der Waals surface area contributed by atoms with Gasteiger partial charge in [0.1, 0.15) is 17.2 Å². The summed E-state index contributed by atoms with van der Waals surface area (Å²) in [5.41, 5.74) is 0.0386. The molecule has 1 rings (SSSR count). The number of halogens is 2. The van der Waals surface area contributed by atoms with E-state index in [1.54, 1.807) is 20.8 Å². The van der Waals surface area contributed by atoms with Crippen LogP contribution in [0.2, 0.25) is 0 Å². The van der Waals surface area contributed by atoms with Gasteiger partial charge in [0.05, 0.1) is 0 Å². The first-order chi connectivity index (χ1) is 9.76. The minimum atomic E-state index is -0.585. The van der Waals surface area contributed by atoms with Gasteiger partial charge in [-0.2, -0.15) is 0 Å². The Balaban J connectivity index is 2.13. The Labute approximate surface area is 123 Å². The number of nitrogens with one attached hydrogen (secondary N) is 2. The van der Waals surface area contributed by atoms with Gasteiger partial charge in [-0.25, -0.2) is 13.6 Å². The van der Waals surface area contributed by atoms with Crippen LogP contribution in [0.4, 0.5) is 13.6 Å². The maximum absolute atomic E-state index is 13.0. The summed E-state index contributed by atoms with van der Waals surface area (Å²) in [5.74, 6) is -1.17. The predicted octanol–water partition coefficient (Wildman–Crippen LogP) is 2.97. The number of ether oxygens (including phenoxy) is 1. The molecule has 0 heterocycles. The van der Waals surface area contributed by atoms with E-state index in [9.17, 15) is 13.6 Å². The van der Waals surface area contributed by atoms with Gasteiger partial charge in [-0.05, 0) is 51.4 Å². The molecule has 4 nitrogen and oxygen atoms in total. The molecule has 0 aliphatic carbocycles. The molecule has 0 aliphatic heterocycles. The summed E-state index contributed by atoms with van der Waals surface area (Å²) in [7, 11) is 0. The molecule has 0 spiro atoms. The van der Waals surface area contributed by atoms with E-state index in [2.05, 4.69) is 10.6 Å². The van der Waals surface area contributed by atoms with E-state index in [1.165, 1.54) is 12.1 Å². The molecule has 21 heavy (non-hydrogen) atoms. The lowest BCUT2D eigenvalue weighted by Gasteiger charge is -2.19. The summed E-state index contributed by atoms with van der Waals surface area (Å²) in [6, 6.07) is 3.41. The SMILES string of the molecule is CC(C)(C)OC(=O)NCCCNCc1cc(F)cc(F)c1. The van der Waals surface area contributed by atoms with Crippen LogP contribution in [0.25, 0.3) is 0 Å². The minimum absolute atomic E-state index is 0.376. The fourth-order valence-electron chi connectivity index (χ4n) is 1.66. The molecule has 0 saturated heterocycles. The molecule has 0 aliphatic rings. The van der Waals surface area contributed by atoms with Gasteiger partial charge in [-0.15, -0.1) is 0 Å². The van der Waals surface area contributed by atoms with Crippen LogP contribution in [-0.4, -0.2) is 24.8 Å². The van der Waals surface area contributed by atoms with E-state index >= 15 is 0 Å². The van der Waals surface area contributed by atoms with E-state index in [0.29, 0.717) is 31.6 Å². The summed E-state index contributed by atoms with van der Waals surface area (Å²) in [6.07, 6.45) is 0.242. The molecule has 6 heteroatoms. The third kappa shape index (κ3) is 8.24. The molecular weight excluding hydrogens is 278 g/mol. The average molecular weight is 300 g/mol. The van der Waals surface area contributed by atoms with Crippen molar-refractivity contribution in [2.75, 3.05) is 13.1 Å². The fraction of sp³-hybridized carbons (Fsp3) is 0.533. The van der Waals surface area contributed by atoms with Crippen molar-refractivity contribution in [3.63, 3.8) is 0 Å². The zero-order valence-electron chi connectivity index (χ0n) is 12.6. The number of alkyl carbamates (subject to hydrolysis) is 1.